The molecule has 1 aromatic heterocycles. The summed E-state index contributed by atoms with van der Waals surface area (Å²) < 4.78 is 54.2. The molecule has 0 spiro atoms. The van der Waals surface area contributed by atoms with Crippen molar-refractivity contribution in [3.8, 4) is 11.4 Å². The van der Waals surface area contributed by atoms with Gasteiger partial charge in [0, 0.05) is 0 Å². The lowest BCUT2D eigenvalue weighted by Crippen LogP contribution is -2.20. The lowest BCUT2D eigenvalue weighted by atomic mass is 10.2. The van der Waals surface area contributed by atoms with Crippen LogP contribution in [0.2, 0.25) is 5.02 Å². The van der Waals surface area contributed by atoms with Gasteiger partial charge in [-0.15, -0.1) is 0 Å². The number of anilines is 1. The highest BCUT2D eigenvalue weighted by Crippen LogP contribution is 2.35. The summed E-state index contributed by atoms with van der Waals surface area (Å²) in [4.78, 5) is 12.4. The molecule has 2 aromatic carbocycles. The minimum atomic E-state index is -4.92. The second kappa shape index (κ2) is 6.92. The van der Waals surface area contributed by atoms with Crippen LogP contribution in [0.25, 0.3) is 5.69 Å². The van der Waals surface area contributed by atoms with Crippen molar-refractivity contribution in [3.63, 3.8) is 0 Å². The number of carbonyl (C=O) groups is 1. The quantitative estimate of drug-likeness (QED) is 0.498. The van der Waals surface area contributed by atoms with Crippen molar-refractivity contribution >= 4 is 23.2 Å². The molecule has 27 heavy (non-hydrogen) atoms. The van der Waals surface area contributed by atoms with Gasteiger partial charge in [0.25, 0.3) is 5.91 Å². The van der Waals surface area contributed by atoms with Gasteiger partial charge in [-0.25, -0.2) is 9.07 Å². The molecule has 5 nitrogen and oxygen atoms in total. The highest BCUT2D eigenvalue weighted by Gasteiger charge is 2.40. The molecule has 0 saturated heterocycles. The van der Waals surface area contributed by atoms with Gasteiger partial charge in [0.1, 0.15) is 5.82 Å². The molecule has 0 aliphatic rings. The summed E-state index contributed by atoms with van der Waals surface area (Å²) in [6, 6.07) is 8.17. The highest BCUT2D eigenvalue weighted by atomic mass is 35.5. The standard InChI is InChI=1S/C17H10ClF4N3O2/c18-12-2-1-3-13(14(12)26)24-16(27)11-8-23-25(15(11)17(20,21)22)10-6-4-9(19)5-7-10/h1-8,26H,(H,24,27). The SMILES string of the molecule is O=C(Nc1cccc(Cl)c1O)c1cnn(-c2ccc(F)cc2)c1C(F)(F)F. The Kier molecular flexibility index (Phi) is 4.79. The van der Waals surface area contributed by atoms with E-state index in [-0.39, 0.29) is 16.4 Å². The summed E-state index contributed by atoms with van der Waals surface area (Å²) in [6.45, 7) is 0. The highest BCUT2D eigenvalue weighted by molar-refractivity contribution is 6.32. The first kappa shape index (κ1) is 18.7. The molecule has 0 unspecified atom stereocenters. The number of benzene rings is 2. The maximum Gasteiger partial charge on any atom is 0.434 e. The zero-order chi connectivity index (χ0) is 19.8. The van der Waals surface area contributed by atoms with Crippen molar-refractivity contribution < 1.29 is 27.5 Å². The number of carbonyl (C=O) groups excluding carboxylic acids is 1. The minimum Gasteiger partial charge on any atom is -0.504 e. The van der Waals surface area contributed by atoms with Crippen molar-refractivity contribution in [1.29, 1.82) is 0 Å². The van der Waals surface area contributed by atoms with Crippen molar-refractivity contribution in [1.82, 2.24) is 9.78 Å². The molecule has 0 radical (unpaired) electrons. The number of hydrogen-bond donors (Lipinski definition) is 2. The fourth-order valence-electron chi connectivity index (χ4n) is 2.37. The Hall–Kier alpha value is -3.07. The van der Waals surface area contributed by atoms with E-state index in [2.05, 4.69) is 10.4 Å². The van der Waals surface area contributed by atoms with Gasteiger partial charge in [-0.05, 0) is 36.4 Å². The zero-order valence-corrected chi connectivity index (χ0v) is 14.0. The number of rotatable bonds is 3. The van der Waals surface area contributed by atoms with Gasteiger partial charge in [0.2, 0.25) is 0 Å². The van der Waals surface area contributed by atoms with Crippen LogP contribution in [-0.4, -0.2) is 20.8 Å². The molecule has 3 rings (SSSR count). The van der Waals surface area contributed by atoms with Crippen LogP contribution in [0.3, 0.4) is 0 Å². The van der Waals surface area contributed by atoms with E-state index in [0.717, 1.165) is 30.5 Å². The minimum absolute atomic E-state index is 0.0756. The summed E-state index contributed by atoms with van der Waals surface area (Å²) in [7, 11) is 0. The molecule has 3 aromatic rings. The smallest absolute Gasteiger partial charge is 0.434 e. The number of nitrogens with zero attached hydrogens (tertiary/aromatic N) is 2. The Morgan fingerprint density at radius 3 is 2.44 bits per heavy atom. The molecule has 0 atom stereocenters. The Morgan fingerprint density at radius 2 is 1.81 bits per heavy atom. The van der Waals surface area contributed by atoms with Gasteiger partial charge >= 0.3 is 6.18 Å². The van der Waals surface area contributed by atoms with Crippen molar-refractivity contribution in [2.45, 2.75) is 6.18 Å². The van der Waals surface area contributed by atoms with Crippen LogP contribution in [0, 0.1) is 5.82 Å². The predicted molar refractivity (Wildman–Crippen MR) is 89.6 cm³/mol. The first-order valence-corrected chi connectivity index (χ1v) is 7.76. The third-order valence-corrected chi connectivity index (χ3v) is 3.89. The van der Waals surface area contributed by atoms with E-state index in [1.54, 1.807) is 0 Å². The van der Waals surface area contributed by atoms with Crippen molar-refractivity contribution in [2.24, 2.45) is 0 Å². The van der Waals surface area contributed by atoms with Crippen molar-refractivity contribution in [3.05, 3.63) is 70.8 Å². The van der Waals surface area contributed by atoms with Gasteiger partial charge in [0.05, 0.1) is 28.2 Å². The first-order valence-electron chi connectivity index (χ1n) is 7.38. The molecule has 2 N–H and O–H groups in total. The van der Waals surface area contributed by atoms with Gasteiger partial charge in [-0.3, -0.25) is 4.79 Å². The predicted octanol–water partition coefficient (Wildman–Crippen LogP) is 4.64. The van der Waals surface area contributed by atoms with Crippen molar-refractivity contribution in [2.75, 3.05) is 5.32 Å². The van der Waals surface area contributed by atoms with E-state index in [9.17, 15) is 27.5 Å². The number of hydrogen-bond acceptors (Lipinski definition) is 3. The number of aromatic nitrogens is 2. The average Bonchev–Trinajstić information content (AvgIpc) is 3.05. The monoisotopic (exact) mass is 399 g/mol. The van der Waals surface area contributed by atoms with E-state index >= 15 is 0 Å². The molecule has 140 valence electrons. The fraction of sp³-hybridized carbons (Fsp3) is 0.0588. The second-order valence-corrected chi connectivity index (χ2v) is 5.79. The van der Waals surface area contributed by atoms with E-state index in [1.165, 1.54) is 18.2 Å². The van der Waals surface area contributed by atoms with Gasteiger partial charge in [-0.2, -0.15) is 18.3 Å². The van der Waals surface area contributed by atoms with E-state index in [0.29, 0.717) is 4.68 Å². The first-order chi connectivity index (χ1) is 12.7. The molecule has 0 bridgehead atoms. The van der Waals surface area contributed by atoms with Crippen LogP contribution in [0.15, 0.2) is 48.7 Å². The maximum absolute atomic E-state index is 13.6. The molecule has 1 heterocycles. The molecular formula is C17H10ClF4N3O2. The second-order valence-electron chi connectivity index (χ2n) is 5.38. The van der Waals surface area contributed by atoms with Gasteiger partial charge < -0.3 is 10.4 Å². The Bertz CT molecular complexity index is 1000. The van der Waals surface area contributed by atoms with Crippen LogP contribution in [-0.2, 0) is 6.18 Å². The van der Waals surface area contributed by atoms with Crippen LogP contribution >= 0.6 is 11.6 Å². The van der Waals surface area contributed by atoms with Gasteiger partial charge in [0.15, 0.2) is 11.4 Å². The van der Waals surface area contributed by atoms with E-state index < -0.39 is 34.9 Å². The molecule has 0 fully saturated rings. The fourth-order valence-corrected chi connectivity index (χ4v) is 2.55. The Morgan fingerprint density at radius 1 is 1.15 bits per heavy atom. The topological polar surface area (TPSA) is 67.2 Å². The summed E-state index contributed by atoms with van der Waals surface area (Å²) >= 11 is 5.72. The summed E-state index contributed by atoms with van der Waals surface area (Å²) in [5, 5.41) is 15.5. The molecule has 0 saturated carbocycles. The number of aromatic hydroxyl groups is 1. The van der Waals surface area contributed by atoms with Crippen LogP contribution in [0.5, 0.6) is 5.75 Å². The van der Waals surface area contributed by atoms with Gasteiger partial charge in [-0.1, -0.05) is 17.7 Å². The summed E-state index contributed by atoms with van der Waals surface area (Å²) in [5.74, 6) is -2.26. The molecule has 10 heteroatoms. The zero-order valence-electron chi connectivity index (χ0n) is 13.3. The number of phenols is 1. The van der Waals surface area contributed by atoms with Crippen LogP contribution < -0.4 is 5.32 Å². The van der Waals surface area contributed by atoms with Crippen LogP contribution in [0.1, 0.15) is 16.1 Å². The lowest BCUT2D eigenvalue weighted by molar-refractivity contribution is -0.143. The average molecular weight is 400 g/mol. The molecule has 0 aliphatic heterocycles. The number of phenolic OH excluding ortho intramolecular Hbond substituents is 1. The van der Waals surface area contributed by atoms with Crippen LogP contribution in [0.4, 0.5) is 23.2 Å². The molecular weight excluding hydrogens is 390 g/mol. The maximum atomic E-state index is 13.6. The van der Waals surface area contributed by atoms with E-state index in [4.69, 9.17) is 11.6 Å². The third-order valence-electron chi connectivity index (χ3n) is 3.59. The number of nitrogens with one attached hydrogen (secondary N) is 1. The molecule has 0 aliphatic carbocycles. The number of amides is 1. The Balaban J connectivity index is 2.04. The molecule has 1 amide bonds. The largest absolute Gasteiger partial charge is 0.504 e. The third kappa shape index (κ3) is 3.72. The lowest BCUT2D eigenvalue weighted by Gasteiger charge is -2.13. The summed E-state index contributed by atoms with van der Waals surface area (Å²) in [5.41, 5.74) is -2.34. The normalized spacial score (nSPS) is 11.4. The number of alkyl halides is 3. The number of para-hydroxylation sites is 1. The number of halogens is 5. The van der Waals surface area contributed by atoms with E-state index in [1.807, 2.05) is 0 Å². The summed E-state index contributed by atoms with van der Waals surface area (Å²) in [6.07, 6.45) is -4.18. The Labute approximate surface area is 154 Å².